The lowest BCUT2D eigenvalue weighted by molar-refractivity contribution is -0.0968. The van der Waals surface area contributed by atoms with Crippen LogP contribution in [0, 0.1) is 5.92 Å². The van der Waals surface area contributed by atoms with Crippen molar-refractivity contribution in [3.05, 3.63) is 41.3 Å². The number of thiophene rings is 1. The highest BCUT2D eigenvalue weighted by Gasteiger charge is 2.33. The highest BCUT2D eigenvalue weighted by atomic mass is 32.1. The molecule has 27 heavy (non-hydrogen) atoms. The summed E-state index contributed by atoms with van der Waals surface area (Å²) in [5.74, 6) is 0.379. The van der Waals surface area contributed by atoms with E-state index in [1.165, 1.54) is 16.0 Å². The van der Waals surface area contributed by atoms with Crippen LogP contribution < -0.4 is 0 Å². The predicted molar refractivity (Wildman–Crippen MR) is 107 cm³/mol. The summed E-state index contributed by atoms with van der Waals surface area (Å²) in [6, 6.07) is 12.1. The SMILES string of the molecule is O=C(c1ccc(-c2nc3ccccc3s2)s1)N1CCCC(C2OCCO2)C1. The molecule has 1 atom stereocenters. The Morgan fingerprint density at radius 2 is 1.96 bits per heavy atom. The number of hydrogen-bond acceptors (Lipinski definition) is 6. The molecule has 0 bridgehead atoms. The summed E-state index contributed by atoms with van der Waals surface area (Å²) in [5, 5.41) is 0.976. The van der Waals surface area contributed by atoms with E-state index in [1.54, 1.807) is 11.3 Å². The molecule has 5 rings (SSSR count). The fraction of sp³-hybridized carbons (Fsp3) is 0.400. The Kier molecular flexibility index (Phi) is 4.69. The zero-order valence-electron chi connectivity index (χ0n) is 14.8. The first kappa shape index (κ1) is 17.3. The molecule has 1 amide bonds. The van der Waals surface area contributed by atoms with Gasteiger partial charge in [-0.2, -0.15) is 0 Å². The monoisotopic (exact) mass is 400 g/mol. The second-order valence-corrected chi connectivity index (χ2v) is 9.03. The molecule has 5 nitrogen and oxygen atoms in total. The minimum absolute atomic E-state index is 0.107. The maximum absolute atomic E-state index is 13.0. The highest BCUT2D eigenvalue weighted by molar-refractivity contribution is 7.26. The van der Waals surface area contributed by atoms with Gasteiger partial charge in [0.25, 0.3) is 5.91 Å². The van der Waals surface area contributed by atoms with Gasteiger partial charge in [0.15, 0.2) is 6.29 Å². The lowest BCUT2D eigenvalue weighted by Crippen LogP contribution is -2.43. The molecule has 3 aromatic rings. The van der Waals surface area contributed by atoms with Crippen molar-refractivity contribution < 1.29 is 14.3 Å². The molecular formula is C20H20N2O3S2. The molecule has 2 aliphatic rings. The number of para-hydroxylation sites is 1. The Bertz CT molecular complexity index is 928. The number of nitrogens with zero attached hydrogens (tertiary/aromatic N) is 2. The molecule has 2 saturated heterocycles. The molecule has 1 aromatic carbocycles. The Morgan fingerprint density at radius 1 is 1.11 bits per heavy atom. The number of carbonyl (C=O) groups excluding carboxylic acids is 1. The van der Waals surface area contributed by atoms with Crippen LogP contribution in [0.5, 0.6) is 0 Å². The van der Waals surface area contributed by atoms with Crippen LogP contribution in [0.25, 0.3) is 20.1 Å². The van der Waals surface area contributed by atoms with Gasteiger partial charge in [-0.1, -0.05) is 12.1 Å². The number of benzene rings is 1. The quantitative estimate of drug-likeness (QED) is 0.660. The summed E-state index contributed by atoms with van der Waals surface area (Å²) in [4.78, 5) is 21.5. The lowest BCUT2D eigenvalue weighted by atomic mass is 9.97. The molecule has 0 saturated carbocycles. The van der Waals surface area contributed by atoms with Gasteiger partial charge in [-0.15, -0.1) is 22.7 Å². The van der Waals surface area contributed by atoms with Crippen LogP contribution in [0.2, 0.25) is 0 Å². The smallest absolute Gasteiger partial charge is 0.263 e. The van der Waals surface area contributed by atoms with E-state index in [2.05, 4.69) is 6.07 Å². The van der Waals surface area contributed by atoms with Crippen molar-refractivity contribution in [3.8, 4) is 9.88 Å². The Hall–Kier alpha value is -1.80. The van der Waals surface area contributed by atoms with Crippen molar-refractivity contribution in [2.45, 2.75) is 19.1 Å². The van der Waals surface area contributed by atoms with Gasteiger partial charge >= 0.3 is 0 Å². The van der Waals surface area contributed by atoms with Crippen LogP contribution in [0.4, 0.5) is 0 Å². The number of rotatable bonds is 3. The van der Waals surface area contributed by atoms with E-state index < -0.39 is 0 Å². The van der Waals surface area contributed by atoms with Gasteiger partial charge in [-0.05, 0) is 37.1 Å². The number of likely N-dealkylation sites (tertiary alicyclic amines) is 1. The zero-order valence-corrected chi connectivity index (χ0v) is 16.4. The van der Waals surface area contributed by atoms with Gasteiger partial charge in [-0.25, -0.2) is 4.98 Å². The van der Waals surface area contributed by atoms with Crippen LogP contribution in [-0.4, -0.2) is 48.4 Å². The van der Waals surface area contributed by atoms with Gasteiger partial charge in [0, 0.05) is 19.0 Å². The second kappa shape index (κ2) is 7.31. The first-order valence-electron chi connectivity index (χ1n) is 9.26. The lowest BCUT2D eigenvalue weighted by Gasteiger charge is -2.34. The van der Waals surface area contributed by atoms with Crippen molar-refractivity contribution >= 4 is 38.8 Å². The standard InChI is InChI=1S/C20H20N2O3S2/c23-19(22-9-3-4-13(12-22)20-24-10-11-25-20)17-8-7-16(26-17)18-21-14-5-1-2-6-15(14)27-18/h1-2,5-8,13,20H,3-4,9-12H2. The summed E-state index contributed by atoms with van der Waals surface area (Å²) in [7, 11) is 0. The summed E-state index contributed by atoms with van der Waals surface area (Å²) >= 11 is 3.20. The number of piperidine rings is 1. The fourth-order valence-corrected chi connectivity index (χ4v) is 5.76. The van der Waals surface area contributed by atoms with E-state index in [-0.39, 0.29) is 18.1 Å². The molecule has 1 unspecified atom stereocenters. The van der Waals surface area contributed by atoms with Crippen molar-refractivity contribution in [1.82, 2.24) is 9.88 Å². The molecule has 2 aliphatic heterocycles. The van der Waals surface area contributed by atoms with E-state index in [4.69, 9.17) is 14.5 Å². The average Bonchev–Trinajstić information content (AvgIpc) is 3.47. The molecule has 0 N–H and O–H groups in total. The van der Waals surface area contributed by atoms with Crippen LogP contribution in [0.15, 0.2) is 36.4 Å². The number of aromatic nitrogens is 1. The van der Waals surface area contributed by atoms with E-state index in [0.29, 0.717) is 19.8 Å². The minimum Gasteiger partial charge on any atom is -0.350 e. The van der Waals surface area contributed by atoms with Crippen molar-refractivity contribution in [3.63, 3.8) is 0 Å². The number of ether oxygens (including phenoxy) is 2. The number of carbonyl (C=O) groups is 1. The maximum atomic E-state index is 13.0. The van der Waals surface area contributed by atoms with Gasteiger partial charge in [-0.3, -0.25) is 4.79 Å². The highest BCUT2D eigenvalue weighted by Crippen LogP contribution is 2.35. The molecule has 2 aromatic heterocycles. The predicted octanol–water partition coefficient (Wildman–Crippen LogP) is 4.25. The molecule has 4 heterocycles. The third kappa shape index (κ3) is 3.40. The molecule has 7 heteroatoms. The second-order valence-electron chi connectivity index (χ2n) is 6.91. The van der Waals surface area contributed by atoms with E-state index in [0.717, 1.165) is 39.7 Å². The summed E-state index contributed by atoms with van der Waals surface area (Å²) < 4.78 is 12.5. The molecule has 140 valence electrons. The third-order valence-electron chi connectivity index (χ3n) is 5.10. The number of amides is 1. The number of fused-ring (bicyclic) bond motifs is 1. The van der Waals surface area contributed by atoms with Crippen LogP contribution in [0.3, 0.4) is 0 Å². The molecule has 2 fully saturated rings. The number of hydrogen-bond donors (Lipinski definition) is 0. The van der Waals surface area contributed by atoms with Crippen LogP contribution >= 0.6 is 22.7 Å². The van der Waals surface area contributed by atoms with Gasteiger partial charge < -0.3 is 14.4 Å². The summed E-state index contributed by atoms with van der Waals surface area (Å²) in [6.45, 7) is 2.82. The Balaban J connectivity index is 1.33. The van der Waals surface area contributed by atoms with E-state index >= 15 is 0 Å². The third-order valence-corrected chi connectivity index (χ3v) is 7.38. The number of thiazole rings is 1. The van der Waals surface area contributed by atoms with Gasteiger partial charge in [0.2, 0.25) is 0 Å². The fourth-order valence-electron chi connectivity index (χ4n) is 3.77. The molecule has 0 radical (unpaired) electrons. The van der Waals surface area contributed by atoms with Gasteiger partial charge in [0.05, 0.1) is 33.2 Å². The van der Waals surface area contributed by atoms with E-state index in [1.807, 2.05) is 35.2 Å². The zero-order chi connectivity index (χ0) is 18.2. The molecule has 0 aliphatic carbocycles. The van der Waals surface area contributed by atoms with Crippen LogP contribution in [-0.2, 0) is 9.47 Å². The Morgan fingerprint density at radius 3 is 2.81 bits per heavy atom. The first-order valence-corrected chi connectivity index (χ1v) is 10.9. The van der Waals surface area contributed by atoms with Gasteiger partial charge in [0.1, 0.15) is 5.01 Å². The largest absolute Gasteiger partial charge is 0.350 e. The molecule has 0 spiro atoms. The Labute approximate surface area is 165 Å². The summed E-state index contributed by atoms with van der Waals surface area (Å²) in [6.07, 6.45) is 1.90. The maximum Gasteiger partial charge on any atom is 0.263 e. The molecular weight excluding hydrogens is 380 g/mol. The average molecular weight is 401 g/mol. The van der Waals surface area contributed by atoms with E-state index in [9.17, 15) is 4.79 Å². The van der Waals surface area contributed by atoms with Crippen molar-refractivity contribution in [2.75, 3.05) is 26.3 Å². The first-order chi connectivity index (χ1) is 13.3. The summed E-state index contributed by atoms with van der Waals surface area (Å²) in [5.41, 5.74) is 1.01. The normalized spacial score (nSPS) is 21.2. The topological polar surface area (TPSA) is 51.7 Å². The minimum atomic E-state index is -0.151. The van der Waals surface area contributed by atoms with Crippen LogP contribution in [0.1, 0.15) is 22.5 Å². The van der Waals surface area contributed by atoms with Crippen molar-refractivity contribution in [1.29, 1.82) is 0 Å². The van der Waals surface area contributed by atoms with Crippen molar-refractivity contribution in [2.24, 2.45) is 5.92 Å².